The maximum Gasteiger partial charge on any atom is 0.135 e. The molecule has 19 heavy (non-hydrogen) atoms. The van der Waals surface area contributed by atoms with E-state index in [1.165, 1.54) is 0 Å². The highest BCUT2D eigenvalue weighted by molar-refractivity contribution is 6.06. The van der Waals surface area contributed by atoms with E-state index in [1.54, 1.807) is 0 Å². The minimum atomic E-state index is 0.917. The number of hydrogen-bond donors (Lipinski definition) is 0. The highest BCUT2D eigenvalue weighted by Crippen LogP contribution is 2.31. The summed E-state index contributed by atoms with van der Waals surface area (Å²) in [6.45, 7) is 0. The van der Waals surface area contributed by atoms with Crippen LogP contribution in [0.3, 0.4) is 0 Å². The van der Waals surface area contributed by atoms with E-state index in [9.17, 15) is 0 Å². The molecule has 0 bridgehead atoms. The van der Waals surface area contributed by atoms with Crippen LogP contribution in [0.1, 0.15) is 0 Å². The normalized spacial score (nSPS) is 11.2. The number of pyridine rings is 1. The number of nitrogens with zero attached hydrogens (tertiary/aromatic N) is 1. The molecule has 0 saturated carbocycles. The van der Waals surface area contributed by atoms with Crippen LogP contribution in [0.4, 0.5) is 0 Å². The second-order valence-electron chi connectivity index (χ2n) is 4.52. The molecule has 2 aromatic carbocycles. The van der Waals surface area contributed by atoms with Crippen LogP contribution in [-0.4, -0.2) is 4.98 Å². The molecule has 0 N–H and O–H groups in total. The van der Waals surface area contributed by atoms with Crippen molar-refractivity contribution >= 4 is 21.9 Å². The SMILES string of the molecule is c1ccc(-c2ccc3oc4ccccc4c3c2)nc1. The van der Waals surface area contributed by atoms with Gasteiger partial charge in [0.1, 0.15) is 11.2 Å². The molecule has 4 aromatic rings. The predicted molar refractivity (Wildman–Crippen MR) is 77.0 cm³/mol. The van der Waals surface area contributed by atoms with Crippen molar-refractivity contribution in [1.82, 2.24) is 4.98 Å². The van der Waals surface area contributed by atoms with Crippen LogP contribution in [-0.2, 0) is 0 Å². The average Bonchev–Trinajstić information content (AvgIpc) is 2.86. The van der Waals surface area contributed by atoms with Gasteiger partial charge in [-0.05, 0) is 36.4 Å². The third-order valence-corrected chi connectivity index (χ3v) is 3.34. The van der Waals surface area contributed by atoms with Gasteiger partial charge in [0, 0.05) is 22.5 Å². The molecule has 0 aliphatic carbocycles. The highest BCUT2D eigenvalue weighted by Gasteiger charge is 2.07. The number of rotatable bonds is 1. The summed E-state index contributed by atoms with van der Waals surface area (Å²) in [6.07, 6.45) is 1.81. The summed E-state index contributed by atoms with van der Waals surface area (Å²) in [7, 11) is 0. The fourth-order valence-corrected chi connectivity index (χ4v) is 2.42. The van der Waals surface area contributed by atoms with E-state index in [4.69, 9.17) is 4.42 Å². The lowest BCUT2D eigenvalue weighted by Crippen LogP contribution is -1.80. The van der Waals surface area contributed by atoms with Crippen LogP contribution in [0.2, 0.25) is 0 Å². The molecule has 0 unspecified atom stereocenters. The van der Waals surface area contributed by atoms with Crippen molar-refractivity contribution in [1.29, 1.82) is 0 Å². The lowest BCUT2D eigenvalue weighted by Gasteiger charge is -1.99. The molecule has 2 heteroatoms. The van der Waals surface area contributed by atoms with Crippen molar-refractivity contribution < 1.29 is 4.42 Å². The van der Waals surface area contributed by atoms with Crippen molar-refractivity contribution in [2.75, 3.05) is 0 Å². The number of para-hydroxylation sites is 1. The van der Waals surface area contributed by atoms with Gasteiger partial charge in [0.2, 0.25) is 0 Å². The lowest BCUT2D eigenvalue weighted by molar-refractivity contribution is 0.669. The number of fused-ring (bicyclic) bond motifs is 3. The molecule has 0 fully saturated rings. The number of furan rings is 1. The Kier molecular flexibility index (Phi) is 2.15. The van der Waals surface area contributed by atoms with Crippen LogP contribution in [0.15, 0.2) is 71.3 Å². The molecule has 90 valence electrons. The van der Waals surface area contributed by atoms with Gasteiger partial charge in [-0.1, -0.05) is 24.3 Å². The van der Waals surface area contributed by atoms with Gasteiger partial charge in [-0.25, -0.2) is 0 Å². The van der Waals surface area contributed by atoms with Crippen molar-refractivity contribution in [2.45, 2.75) is 0 Å². The minimum absolute atomic E-state index is 0.917. The van der Waals surface area contributed by atoms with E-state index in [-0.39, 0.29) is 0 Å². The predicted octanol–water partition coefficient (Wildman–Crippen LogP) is 4.65. The Morgan fingerprint density at radius 1 is 0.737 bits per heavy atom. The molecule has 0 spiro atoms. The first-order chi connectivity index (χ1) is 9.42. The Hall–Kier alpha value is -2.61. The van der Waals surface area contributed by atoms with E-state index in [1.807, 2.05) is 54.7 Å². The lowest BCUT2D eigenvalue weighted by atomic mass is 10.1. The molecule has 0 saturated heterocycles. The second kappa shape index (κ2) is 3.95. The Bertz CT molecular complexity index is 862. The minimum Gasteiger partial charge on any atom is -0.456 e. The number of benzene rings is 2. The van der Waals surface area contributed by atoms with E-state index in [2.05, 4.69) is 17.1 Å². The molecule has 2 nitrogen and oxygen atoms in total. The summed E-state index contributed by atoms with van der Waals surface area (Å²) in [6, 6.07) is 20.3. The van der Waals surface area contributed by atoms with Crippen molar-refractivity contribution in [3.8, 4) is 11.3 Å². The zero-order chi connectivity index (χ0) is 12.7. The van der Waals surface area contributed by atoms with Crippen LogP contribution in [0.5, 0.6) is 0 Å². The molecule has 0 aliphatic heterocycles. The van der Waals surface area contributed by atoms with Crippen LogP contribution in [0.25, 0.3) is 33.2 Å². The summed E-state index contributed by atoms with van der Waals surface area (Å²) in [5, 5.41) is 2.29. The van der Waals surface area contributed by atoms with E-state index < -0.39 is 0 Å². The first-order valence-electron chi connectivity index (χ1n) is 6.24. The third-order valence-electron chi connectivity index (χ3n) is 3.34. The van der Waals surface area contributed by atoms with Gasteiger partial charge >= 0.3 is 0 Å². The zero-order valence-electron chi connectivity index (χ0n) is 10.2. The standard InChI is InChI=1S/C17H11NO/c1-2-7-16-13(5-1)14-11-12(8-9-17(14)19-16)15-6-3-4-10-18-15/h1-11H. The van der Waals surface area contributed by atoms with Gasteiger partial charge in [0.25, 0.3) is 0 Å². The van der Waals surface area contributed by atoms with Crippen molar-refractivity contribution in [3.63, 3.8) is 0 Å². The average molecular weight is 245 g/mol. The van der Waals surface area contributed by atoms with Gasteiger partial charge < -0.3 is 4.42 Å². The fourth-order valence-electron chi connectivity index (χ4n) is 2.42. The van der Waals surface area contributed by atoms with E-state index in [0.717, 1.165) is 33.2 Å². The molecular formula is C17H11NO. The third kappa shape index (κ3) is 1.61. The maximum atomic E-state index is 5.82. The molecule has 0 amide bonds. The Labute approximate surface area is 110 Å². The summed E-state index contributed by atoms with van der Waals surface area (Å²) in [5.74, 6) is 0. The summed E-state index contributed by atoms with van der Waals surface area (Å²) in [5.41, 5.74) is 3.94. The second-order valence-corrected chi connectivity index (χ2v) is 4.52. The van der Waals surface area contributed by atoms with Crippen molar-refractivity contribution in [2.24, 2.45) is 0 Å². The molecular weight excluding hydrogens is 234 g/mol. The van der Waals surface area contributed by atoms with E-state index in [0.29, 0.717) is 0 Å². The quantitative estimate of drug-likeness (QED) is 0.488. The molecule has 0 aliphatic rings. The molecule has 2 aromatic heterocycles. The van der Waals surface area contributed by atoms with Gasteiger partial charge in [-0.3, -0.25) is 4.98 Å². The highest BCUT2D eigenvalue weighted by atomic mass is 16.3. The molecule has 4 rings (SSSR count). The number of hydrogen-bond acceptors (Lipinski definition) is 2. The van der Waals surface area contributed by atoms with Crippen LogP contribution in [0, 0.1) is 0 Å². The molecule has 0 atom stereocenters. The van der Waals surface area contributed by atoms with Crippen LogP contribution < -0.4 is 0 Å². The maximum absolute atomic E-state index is 5.82. The first kappa shape index (κ1) is 10.3. The summed E-state index contributed by atoms with van der Waals surface area (Å²) in [4.78, 5) is 4.39. The summed E-state index contributed by atoms with van der Waals surface area (Å²) < 4.78 is 5.82. The zero-order valence-corrected chi connectivity index (χ0v) is 10.2. The molecule has 0 radical (unpaired) electrons. The van der Waals surface area contributed by atoms with Gasteiger partial charge in [-0.15, -0.1) is 0 Å². The smallest absolute Gasteiger partial charge is 0.135 e. The Morgan fingerprint density at radius 3 is 2.47 bits per heavy atom. The fraction of sp³-hybridized carbons (Fsp3) is 0. The topological polar surface area (TPSA) is 26.0 Å². The van der Waals surface area contributed by atoms with Gasteiger partial charge in [0.05, 0.1) is 5.69 Å². The van der Waals surface area contributed by atoms with Gasteiger partial charge in [-0.2, -0.15) is 0 Å². The first-order valence-corrected chi connectivity index (χ1v) is 6.24. The van der Waals surface area contributed by atoms with Crippen LogP contribution >= 0.6 is 0 Å². The Balaban J connectivity index is 2.03. The summed E-state index contributed by atoms with van der Waals surface area (Å²) >= 11 is 0. The van der Waals surface area contributed by atoms with Gasteiger partial charge in [0.15, 0.2) is 0 Å². The largest absolute Gasteiger partial charge is 0.456 e. The van der Waals surface area contributed by atoms with E-state index >= 15 is 0 Å². The molecule has 2 heterocycles. The Morgan fingerprint density at radius 2 is 1.58 bits per heavy atom. The monoisotopic (exact) mass is 245 g/mol. The van der Waals surface area contributed by atoms with Crippen molar-refractivity contribution in [3.05, 3.63) is 66.9 Å². The number of aromatic nitrogens is 1.